The first-order chi connectivity index (χ1) is 7.02. The van der Waals surface area contributed by atoms with E-state index in [0.717, 1.165) is 5.56 Å². The Bertz CT molecular complexity index is 399. The number of halogens is 1. The Morgan fingerprint density at radius 3 is 2.53 bits per heavy atom. The Morgan fingerprint density at radius 2 is 2.00 bits per heavy atom. The fraction of sp³-hybridized carbons (Fsp3) is 0.273. The zero-order valence-electron chi connectivity index (χ0n) is 8.29. The number of carboxylic acid groups (broad SMARTS) is 1. The first-order valence-electron chi connectivity index (χ1n) is 4.44. The smallest absolute Gasteiger partial charge is 0.335 e. The van der Waals surface area contributed by atoms with E-state index in [4.69, 9.17) is 16.7 Å². The highest BCUT2D eigenvalue weighted by Gasteiger charge is 2.07. The topological polar surface area (TPSA) is 54.4 Å². The largest absolute Gasteiger partial charge is 0.478 e. The van der Waals surface area contributed by atoms with Gasteiger partial charge in [0, 0.05) is 6.42 Å². The monoisotopic (exact) mass is 226 g/mol. The Hall–Kier alpha value is -1.35. The molecule has 4 heteroatoms. The number of aryl methyl sites for hydroxylation is 1. The van der Waals surface area contributed by atoms with Crippen molar-refractivity contribution >= 4 is 23.4 Å². The van der Waals surface area contributed by atoms with E-state index in [-0.39, 0.29) is 23.6 Å². The van der Waals surface area contributed by atoms with Crippen molar-refractivity contribution in [1.82, 2.24) is 0 Å². The molecule has 1 N–H and O–H groups in total. The van der Waals surface area contributed by atoms with E-state index in [2.05, 4.69) is 0 Å². The molecule has 0 saturated carbocycles. The molecule has 3 nitrogen and oxygen atoms in total. The molecule has 0 bridgehead atoms. The lowest BCUT2D eigenvalue weighted by Crippen LogP contribution is -2.06. The Balaban J connectivity index is 2.98. The van der Waals surface area contributed by atoms with Crippen molar-refractivity contribution in [2.75, 3.05) is 5.88 Å². The van der Waals surface area contributed by atoms with Gasteiger partial charge in [0.2, 0.25) is 0 Å². The van der Waals surface area contributed by atoms with Gasteiger partial charge in [-0.2, -0.15) is 0 Å². The number of aromatic carboxylic acids is 1. The van der Waals surface area contributed by atoms with Crippen molar-refractivity contribution in [2.45, 2.75) is 13.3 Å². The minimum Gasteiger partial charge on any atom is -0.478 e. The molecule has 80 valence electrons. The third-order valence-electron chi connectivity index (χ3n) is 1.93. The van der Waals surface area contributed by atoms with Crippen molar-refractivity contribution in [2.24, 2.45) is 0 Å². The molecule has 0 aliphatic heterocycles. The summed E-state index contributed by atoms with van der Waals surface area (Å²) >= 11 is 5.38. The number of ketones is 1. The Morgan fingerprint density at radius 1 is 1.33 bits per heavy atom. The summed E-state index contributed by atoms with van der Waals surface area (Å²) in [5, 5.41) is 8.81. The molecule has 0 aliphatic carbocycles. The van der Waals surface area contributed by atoms with Crippen LogP contribution in [0.1, 0.15) is 21.5 Å². The maximum Gasteiger partial charge on any atom is 0.335 e. The lowest BCUT2D eigenvalue weighted by Gasteiger charge is -2.03. The van der Waals surface area contributed by atoms with Gasteiger partial charge in [0.05, 0.1) is 11.4 Å². The van der Waals surface area contributed by atoms with Crippen molar-refractivity contribution in [1.29, 1.82) is 0 Å². The second-order valence-electron chi connectivity index (χ2n) is 3.36. The van der Waals surface area contributed by atoms with Gasteiger partial charge >= 0.3 is 5.97 Å². The van der Waals surface area contributed by atoms with E-state index >= 15 is 0 Å². The lowest BCUT2D eigenvalue weighted by molar-refractivity contribution is -0.116. The molecule has 1 rings (SSSR count). The van der Waals surface area contributed by atoms with Gasteiger partial charge in [0.1, 0.15) is 0 Å². The predicted molar refractivity (Wildman–Crippen MR) is 57.6 cm³/mol. The number of alkyl halides is 1. The third kappa shape index (κ3) is 3.36. The molecule has 0 spiro atoms. The third-order valence-corrected chi connectivity index (χ3v) is 2.23. The van der Waals surface area contributed by atoms with Crippen LogP contribution in [0.2, 0.25) is 0 Å². The highest BCUT2D eigenvalue weighted by molar-refractivity contribution is 6.27. The van der Waals surface area contributed by atoms with Crippen molar-refractivity contribution in [3.05, 3.63) is 34.9 Å². The lowest BCUT2D eigenvalue weighted by atomic mass is 10.0. The van der Waals surface area contributed by atoms with Gasteiger partial charge < -0.3 is 5.11 Å². The standard InChI is InChI=1S/C11H11ClO3/c1-7-2-8(5-10(13)6-12)4-9(3-7)11(14)15/h2-4H,5-6H2,1H3,(H,14,15). The number of hydrogen-bond donors (Lipinski definition) is 1. The van der Waals surface area contributed by atoms with Crippen molar-refractivity contribution in [3.8, 4) is 0 Å². The van der Waals surface area contributed by atoms with Gasteiger partial charge in [-0.3, -0.25) is 4.79 Å². The SMILES string of the molecule is Cc1cc(CC(=O)CCl)cc(C(=O)O)c1. The fourth-order valence-electron chi connectivity index (χ4n) is 1.36. The van der Waals surface area contributed by atoms with Crippen LogP contribution in [0.3, 0.4) is 0 Å². The predicted octanol–water partition coefficient (Wildman–Crippen LogP) is 2.04. The summed E-state index contributed by atoms with van der Waals surface area (Å²) in [5.74, 6) is -1.15. The number of carboxylic acids is 1. The first-order valence-corrected chi connectivity index (χ1v) is 4.98. The average molecular weight is 227 g/mol. The summed E-state index contributed by atoms with van der Waals surface area (Å²) in [6.07, 6.45) is 0.186. The normalized spacial score (nSPS) is 10.0. The van der Waals surface area contributed by atoms with Crippen LogP contribution in [-0.4, -0.2) is 22.7 Å². The Labute approximate surface area is 92.7 Å². The van der Waals surface area contributed by atoms with Gasteiger partial charge in [-0.25, -0.2) is 4.79 Å². The highest BCUT2D eigenvalue weighted by atomic mass is 35.5. The van der Waals surface area contributed by atoms with Crippen LogP contribution in [-0.2, 0) is 11.2 Å². The van der Waals surface area contributed by atoms with Crippen LogP contribution >= 0.6 is 11.6 Å². The van der Waals surface area contributed by atoms with Crippen LogP contribution in [0.25, 0.3) is 0 Å². The van der Waals surface area contributed by atoms with Crippen molar-refractivity contribution < 1.29 is 14.7 Å². The van der Waals surface area contributed by atoms with Gasteiger partial charge in [-0.05, 0) is 30.2 Å². The number of rotatable bonds is 4. The summed E-state index contributed by atoms with van der Waals surface area (Å²) < 4.78 is 0. The van der Waals surface area contributed by atoms with Crippen LogP contribution in [0.5, 0.6) is 0 Å². The molecule has 0 radical (unpaired) electrons. The van der Waals surface area contributed by atoms with E-state index < -0.39 is 5.97 Å². The molecule has 0 aliphatic rings. The van der Waals surface area contributed by atoms with Gasteiger partial charge in [0.25, 0.3) is 0 Å². The molecule has 0 atom stereocenters. The Kier molecular flexibility index (Phi) is 3.86. The summed E-state index contributed by atoms with van der Waals surface area (Å²) in [7, 11) is 0. The van der Waals surface area contributed by atoms with Gasteiger partial charge in [0.15, 0.2) is 5.78 Å². The first kappa shape index (κ1) is 11.7. The molecule has 1 aromatic rings. The number of Topliss-reactive ketones (excluding diaryl/α,β-unsaturated/α-hetero) is 1. The van der Waals surface area contributed by atoms with Gasteiger partial charge in [-0.1, -0.05) is 6.07 Å². The maximum absolute atomic E-state index is 11.1. The number of benzene rings is 1. The number of hydrogen-bond acceptors (Lipinski definition) is 2. The number of carbonyl (C=O) groups is 2. The van der Waals surface area contributed by atoms with E-state index in [9.17, 15) is 9.59 Å². The molecular formula is C11H11ClO3. The van der Waals surface area contributed by atoms with Crippen molar-refractivity contribution in [3.63, 3.8) is 0 Å². The molecule has 15 heavy (non-hydrogen) atoms. The minimum absolute atomic E-state index is 0.0453. The molecule has 0 aromatic heterocycles. The molecule has 1 aromatic carbocycles. The van der Waals surface area contributed by atoms with Crippen LogP contribution in [0.4, 0.5) is 0 Å². The summed E-state index contributed by atoms with van der Waals surface area (Å²) in [6.45, 7) is 1.79. The van der Waals surface area contributed by atoms with Crippen LogP contribution in [0, 0.1) is 6.92 Å². The molecular weight excluding hydrogens is 216 g/mol. The second kappa shape index (κ2) is 4.94. The zero-order chi connectivity index (χ0) is 11.4. The molecule has 0 fully saturated rings. The van der Waals surface area contributed by atoms with E-state index in [1.54, 1.807) is 19.1 Å². The quantitative estimate of drug-likeness (QED) is 0.800. The molecule has 0 unspecified atom stereocenters. The average Bonchev–Trinajstić information content (AvgIpc) is 2.16. The number of carbonyl (C=O) groups excluding carboxylic acids is 1. The molecule has 0 amide bonds. The maximum atomic E-state index is 11.1. The van der Waals surface area contributed by atoms with Crippen LogP contribution < -0.4 is 0 Å². The zero-order valence-corrected chi connectivity index (χ0v) is 9.04. The second-order valence-corrected chi connectivity index (χ2v) is 3.63. The molecule has 0 saturated heterocycles. The highest BCUT2D eigenvalue weighted by Crippen LogP contribution is 2.11. The molecule has 0 heterocycles. The van der Waals surface area contributed by atoms with Gasteiger partial charge in [-0.15, -0.1) is 11.6 Å². The van der Waals surface area contributed by atoms with E-state index in [1.807, 2.05) is 0 Å². The minimum atomic E-state index is -0.988. The van der Waals surface area contributed by atoms with E-state index in [0.29, 0.717) is 5.56 Å². The summed E-state index contributed by atoms with van der Waals surface area (Å²) in [4.78, 5) is 21.8. The summed E-state index contributed by atoms with van der Waals surface area (Å²) in [5.41, 5.74) is 1.72. The summed E-state index contributed by atoms with van der Waals surface area (Å²) in [6, 6.07) is 4.85. The fourth-order valence-corrected chi connectivity index (χ4v) is 1.46. The van der Waals surface area contributed by atoms with E-state index in [1.165, 1.54) is 6.07 Å². The van der Waals surface area contributed by atoms with Crippen LogP contribution in [0.15, 0.2) is 18.2 Å².